The van der Waals surface area contributed by atoms with Gasteiger partial charge in [0, 0.05) is 5.54 Å². The highest BCUT2D eigenvalue weighted by Gasteiger charge is 2.33. The first kappa shape index (κ1) is 12.3. The number of aliphatic imine (C=N–C) groups is 1. The summed E-state index contributed by atoms with van der Waals surface area (Å²) in [5.74, 6) is 0. The summed E-state index contributed by atoms with van der Waals surface area (Å²) in [6.07, 6.45) is 6.36. The molecule has 2 unspecified atom stereocenters. The molecule has 0 aliphatic heterocycles. The van der Waals surface area contributed by atoms with Crippen LogP contribution in [0, 0.1) is 4.91 Å². The van der Waals surface area contributed by atoms with Gasteiger partial charge in [-0.1, -0.05) is 12.8 Å². The maximum atomic E-state index is 10.9. The number of hydrogen-bond acceptors (Lipinski definition) is 4. The Bertz CT molecular complexity index is 230. The lowest BCUT2D eigenvalue weighted by Crippen LogP contribution is -2.38. The fourth-order valence-electron chi connectivity index (χ4n) is 2.13. The molecule has 1 saturated carbocycles. The molecule has 4 heteroatoms. The lowest BCUT2D eigenvalue weighted by molar-refractivity contribution is 0.318. The number of rotatable bonds is 2. The summed E-state index contributed by atoms with van der Waals surface area (Å²) in [6.45, 7) is 5.53. The van der Waals surface area contributed by atoms with E-state index in [1.54, 1.807) is 0 Å². The summed E-state index contributed by atoms with van der Waals surface area (Å²) in [4.78, 5) is 14.8. The molecule has 0 bridgehead atoms. The van der Waals surface area contributed by atoms with Gasteiger partial charge in [-0.15, -0.1) is 4.91 Å². The van der Waals surface area contributed by atoms with Crippen LogP contribution >= 0.6 is 0 Å². The second-order valence-corrected chi connectivity index (χ2v) is 4.95. The van der Waals surface area contributed by atoms with Crippen molar-refractivity contribution in [1.29, 1.82) is 0 Å². The highest BCUT2D eigenvalue weighted by Crippen LogP contribution is 2.32. The monoisotopic (exact) mass is 211 g/mol. The normalized spacial score (nSPS) is 38.5. The van der Waals surface area contributed by atoms with Crippen molar-refractivity contribution in [3.8, 4) is 0 Å². The minimum atomic E-state index is -0.815. The summed E-state index contributed by atoms with van der Waals surface area (Å²) in [6, 6.07) is 0. The van der Waals surface area contributed by atoms with Crippen LogP contribution in [0.25, 0.3) is 0 Å². The molecule has 0 heterocycles. The molecule has 15 heavy (non-hydrogen) atoms. The molecule has 4 nitrogen and oxygen atoms in total. The minimum absolute atomic E-state index is 0.190. The number of nitroso groups, excluding NO2 is 1. The third-order valence-corrected chi connectivity index (χ3v) is 3.39. The van der Waals surface area contributed by atoms with E-state index in [-0.39, 0.29) is 5.54 Å². The predicted molar refractivity (Wildman–Crippen MR) is 63.0 cm³/mol. The largest absolute Gasteiger partial charge is 0.325 e. The highest BCUT2D eigenvalue weighted by atomic mass is 16.3. The van der Waals surface area contributed by atoms with Crippen LogP contribution in [-0.4, -0.2) is 17.9 Å². The predicted octanol–water partition coefficient (Wildman–Crippen LogP) is 2.61. The average Bonchev–Trinajstić information content (AvgIpc) is 2.29. The van der Waals surface area contributed by atoms with Gasteiger partial charge in [-0.2, -0.15) is 0 Å². The fraction of sp³-hybridized carbons (Fsp3) is 0.909. The van der Waals surface area contributed by atoms with E-state index < -0.39 is 5.66 Å². The first-order valence-corrected chi connectivity index (χ1v) is 5.65. The van der Waals surface area contributed by atoms with Crippen LogP contribution in [-0.2, 0) is 0 Å². The van der Waals surface area contributed by atoms with Crippen molar-refractivity contribution in [2.24, 2.45) is 15.9 Å². The number of nitrogens with zero attached hydrogens (tertiary/aromatic N) is 2. The molecule has 1 aliphatic carbocycles. The van der Waals surface area contributed by atoms with Gasteiger partial charge >= 0.3 is 0 Å². The Morgan fingerprint density at radius 3 is 2.40 bits per heavy atom. The molecule has 0 spiro atoms. The van der Waals surface area contributed by atoms with Gasteiger partial charge in [-0.05, 0) is 50.9 Å². The van der Waals surface area contributed by atoms with Crippen LogP contribution in [0.2, 0.25) is 0 Å². The first-order chi connectivity index (χ1) is 7.04. The highest BCUT2D eigenvalue weighted by molar-refractivity contribution is 5.26. The smallest absolute Gasteiger partial charge is 0.190 e. The van der Waals surface area contributed by atoms with E-state index in [1.165, 1.54) is 0 Å². The molecule has 86 valence electrons. The summed E-state index contributed by atoms with van der Waals surface area (Å²) >= 11 is 0. The Morgan fingerprint density at radius 1 is 1.13 bits per heavy atom. The summed E-state index contributed by atoms with van der Waals surface area (Å²) in [5.41, 5.74) is 5.14. The van der Waals surface area contributed by atoms with E-state index in [4.69, 9.17) is 5.73 Å². The van der Waals surface area contributed by atoms with Crippen molar-refractivity contribution in [3.05, 3.63) is 4.91 Å². The molecule has 0 aromatic carbocycles. The van der Waals surface area contributed by atoms with Crippen molar-refractivity contribution in [2.45, 2.75) is 63.1 Å². The maximum absolute atomic E-state index is 10.9. The standard InChI is InChI=1S/C11H21N3O/c1-10(12)6-4-3-5-7-11(13-2,14-15)9-8-10/h2-9,12H2,1H3. The molecule has 1 aliphatic rings. The van der Waals surface area contributed by atoms with Gasteiger partial charge in [0.15, 0.2) is 5.66 Å². The molecule has 2 atom stereocenters. The van der Waals surface area contributed by atoms with Gasteiger partial charge in [-0.3, -0.25) is 4.99 Å². The quantitative estimate of drug-likeness (QED) is 0.563. The van der Waals surface area contributed by atoms with Crippen molar-refractivity contribution >= 4 is 6.72 Å². The fourth-order valence-corrected chi connectivity index (χ4v) is 2.13. The molecule has 2 N–H and O–H groups in total. The van der Waals surface area contributed by atoms with Gasteiger partial charge < -0.3 is 5.73 Å². The van der Waals surface area contributed by atoms with Crippen LogP contribution in [0.4, 0.5) is 0 Å². The molecular formula is C11H21N3O. The Balaban J connectivity index is 2.74. The van der Waals surface area contributed by atoms with Crippen LogP contribution < -0.4 is 5.73 Å². The first-order valence-electron chi connectivity index (χ1n) is 5.65. The van der Waals surface area contributed by atoms with Crippen LogP contribution in [0.15, 0.2) is 10.2 Å². The van der Waals surface area contributed by atoms with Crippen LogP contribution in [0.5, 0.6) is 0 Å². The van der Waals surface area contributed by atoms with Gasteiger partial charge in [0.1, 0.15) is 0 Å². The molecule has 1 rings (SSSR count). The Hall–Kier alpha value is -0.770. The molecule has 0 aromatic rings. The zero-order chi connectivity index (χ0) is 11.4. The van der Waals surface area contributed by atoms with E-state index >= 15 is 0 Å². The van der Waals surface area contributed by atoms with E-state index in [0.717, 1.165) is 38.5 Å². The van der Waals surface area contributed by atoms with Gasteiger partial charge in [0.05, 0.1) is 0 Å². The lowest BCUT2D eigenvalue weighted by atomic mass is 9.89. The van der Waals surface area contributed by atoms with E-state index in [0.29, 0.717) is 6.42 Å². The molecule has 0 aromatic heterocycles. The third-order valence-electron chi connectivity index (χ3n) is 3.39. The van der Waals surface area contributed by atoms with Crippen LogP contribution in [0.1, 0.15) is 51.9 Å². The zero-order valence-electron chi connectivity index (χ0n) is 9.54. The molecular weight excluding hydrogens is 190 g/mol. The SMILES string of the molecule is C=NC1(N=O)CCCCCC(C)(N)CC1. The summed E-state index contributed by atoms with van der Waals surface area (Å²) in [7, 11) is 0. The summed E-state index contributed by atoms with van der Waals surface area (Å²) < 4.78 is 0. The second kappa shape index (κ2) is 4.84. The number of nitrogens with two attached hydrogens (primary N) is 1. The zero-order valence-corrected chi connectivity index (χ0v) is 9.54. The number of hydrogen-bond donors (Lipinski definition) is 1. The van der Waals surface area contributed by atoms with E-state index in [9.17, 15) is 4.91 Å². The Morgan fingerprint density at radius 2 is 1.80 bits per heavy atom. The van der Waals surface area contributed by atoms with Gasteiger partial charge in [-0.25, -0.2) is 0 Å². The Labute approximate surface area is 91.3 Å². The van der Waals surface area contributed by atoms with Crippen molar-refractivity contribution in [2.75, 3.05) is 0 Å². The van der Waals surface area contributed by atoms with Crippen molar-refractivity contribution < 1.29 is 0 Å². The average molecular weight is 211 g/mol. The molecule has 0 saturated heterocycles. The molecule has 1 fully saturated rings. The molecule has 0 amide bonds. The maximum Gasteiger partial charge on any atom is 0.190 e. The van der Waals surface area contributed by atoms with E-state index in [1.807, 2.05) is 6.92 Å². The van der Waals surface area contributed by atoms with Crippen molar-refractivity contribution in [3.63, 3.8) is 0 Å². The van der Waals surface area contributed by atoms with Gasteiger partial charge in [0.2, 0.25) is 0 Å². The minimum Gasteiger partial charge on any atom is -0.325 e. The Kier molecular flexibility index (Phi) is 3.97. The third kappa shape index (κ3) is 3.38. The lowest BCUT2D eigenvalue weighted by Gasteiger charge is -2.27. The summed E-state index contributed by atoms with van der Waals surface area (Å²) in [5, 5.41) is 3.17. The second-order valence-electron chi connectivity index (χ2n) is 4.95. The van der Waals surface area contributed by atoms with Crippen molar-refractivity contribution in [1.82, 2.24) is 0 Å². The van der Waals surface area contributed by atoms with E-state index in [2.05, 4.69) is 16.9 Å². The molecule has 0 radical (unpaired) electrons. The van der Waals surface area contributed by atoms with Crippen LogP contribution in [0.3, 0.4) is 0 Å². The topological polar surface area (TPSA) is 67.8 Å². The van der Waals surface area contributed by atoms with Gasteiger partial charge in [0.25, 0.3) is 0 Å².